The van der Waals surface area contributed by atoms with Gasteiger partial charge in [0.15, 0.2) is 0 Å². The average Bonchev–Trinajstić information content (AvgIpc) is 2.85. The number of nitrogens with one attached hydrogen (secondary N) is 1. The van der Waals surface area contributed by atoms with E-state index in [1.54, 1.807) is 6.07 Å². The molecule has 19 heavy (non-hydrogen) atoms. The minimum Gasteiger partial charge on any atom is -0.484 e. The van der Waals surface area contributed by atoms with Gasteiger partial charge in [-0.3, -0.25) is 0 Å². The first-order chi connectivity index (χ1) is 9.19. The second-order valence-corrected chi connectivity index (χ2v) is 5.33. The highest BCUT2D eigenvalue weighted by molar-refractivity contribution is 9.10. The van der Waals surface area contributed by atoms with Crippen molar-refractivity contribution in [1.82, 2.24) is 5.32 Å². The molecule has 0 saturated heterocycles. The number of hydrogen-bond donors (Lipinski definition) is 1. The molecule has 2 aromatic rings. The third-order valence-corrected chi connectivity index (χ3v) is 3.34. The molecule has 0 spiro atoms. The van der Waals surface area contributed by atoms with Gasteiger partial charge < -0.3 is 14.5 Å². The van der Waals surface area contributed by atoms with Crippen LogP contribution in [0.3, 0.4) is 0 Å². The summed E-state index contributed by atoms with van der Waals surface area (Å²) in [6.07, 6.45) is 0. The maximum Gasteiger partial charge on any atom is 0.146 e. The van der Waals surface area contributed by atoms with E-state index < -0.39 is 0 Å². The fraction of sp³-hybridized carbons (Fsp3) is 0.286. The lowest BCUT2D eigenvalue weighted by atomic mass is 10.3. The van der Waals surface area contributed by atoms with Crippen LogP contribution in [0.1, 0.15) is 18.4 Å². The van der Waals surface area contributed by atoms with E-state index in [4.69, 9.17) is 20.8 Å². The number of rotatable bonds is 6. The monoisotopic (exact) mass is 343 g/mol. The molecule has 1 aromatic carbocycles. The molecule has 102 valence electrons. The van der Waals surface area contributed by atoms with Gasteiger partial charge in [0, 0.05) is 4.47 Å². The van der Waals surface area contributed by atoms with Crippen molar-refractivity contribution in [2.24, 2.45) is 0 Å². The second-order valence-electron chi connectivity index (χ2n) is 4.01. The summed E-state index contributed by atoms with van der Waals surface area (Å²) in [5, 5.41) is 3.79. The Bertz CT molecular complexity index is 542. The van der Waals surface area contributed by atoms with Crippen molar-refractivity contribution < 1.29 is 9.15 Å². The van der Waals surface area contributed by atoms with E-state index in [9.17, 15) is 0 Å². The van der Waals surface area contributed by atoms with Crippen LogP contribution < -0.4 is 10.1 Å². The van der Waals surface area contributed by atoms with E-state index in [1.165, 1.54) is 0 Å². The second kappa shape index (κ2) is 6.98. The molecule has 0 aliphatic heterocycles. The Morgan fingerprint density at radius 2 is 2.05 bits per heavy atom. The SMILES string of the molecule is CCNCc1ccc(COc2cc(Br)ccc2Cl)o1. The average molecular weight is 345 g/mol. The van der Waals surface area contributed by atoms with Gasteiger partial charge in [-0.15, -0.1) is 0 Å². The predicted octanol–water partition coefficient (Wildman–Crippen LogP) is 4.38. The highest BCUT2D eigenvalue weighted by atomic mass is 79.9. The van der Waals surface area contributed by atoms with Crippen LogP contribution in [0.5, 0.6) is 5.75 Å². The lowest BCUT2D eigenvalue weighted by Gasteiger charge is -2.06. The van der Waals surface area contributed by atoms with Crippen LogP contribution in [0.2, 0.25) is 5.02 Å². The molecular weight excluding hydrogens is 330 g/mol. The predicted molar refractivity (Wildman–Crippen MR) is 79.6 cm³/mol. The fourth-order valence-electron chi connectivity index (χ4n) is 1.58. The van der Waals surface area contributed by atoms with Crippen molar-refractivity contribution in [2.75, 3.05) is 6.54 Å². The maximum absolute atomic E-state index is 6.05. The Balaban J connectivity index is 1.94. The molecule has 0 amide bonds. The van der Waals surface area contributed by atoms with Gasteiger partial charge in [-0.2, -0.15) is 0 Å². The minimum absolute atomic E-state index is 0.363. The van der Waals surface area contributed by atoms with E-state index in [2.05, 4.69) is 28.2 Å². The van der Waals surface area contributed by atoms with Crippen molar-refractivity contribution in [3.8, 4) is 5.75 Å². The zero-order chi connectivity index (χ0) is 13.7. The van der Waals surface area contributed by atoms with E-state index >= 15 is 0 Å². The first-order valence-electron chi connectivity index (χ1n) is 6.05. The number of hydrogen-bond acceptors (Lipinski definition) is 3. The minimum atomic E-state index is 0.363. The first kappa shape index (κ1) is 14.4. The number of halogens is 2. The third-order valence-electron chi connectivity index (χ3n) is 2.53. The summed E-state index contributed by atoms with van der Waals surface area (Å²) < 4.78 is 12.2. The molecule has 2 rings (SSSR count). The van der Waals surface area contributed by atoms with E-state index in [1.807, 2.05) is 24.3 Å². The highest BCUT2D eigenvalue weighted by Crippen LogP contribution is 2.28. The number of benzene rings is 1. The lowest BCUT2D eigenvalue weighted by molar-refractivity contribution is 0.265. The van der Waals surface area contributed by atoms with Gasteiger partial charge in [0.1, 0.15) is 23.9 Å². The van der Waals surface area contributed by atoms with Crippen LogP contribution in [-0.4, -0.2) is 6.54 Å². The van der Waals surface area contributed by atoms with Crippen LogP contribution in [-0.2, 0) is 13.2 Å². The van der Waals surface area contributed by atoms with Gasteiger partial charge in [-0.25, -0.2) is 0 Å². The number of furan rings is 1. The molecule has 1 heterocycles. The maximum atomic E-state index is 6.05. The van der Waals surface area contributed by atoms with Gasteiger partial charge in [0.2, 0.25) is 0 Å². The Labute approximate surface area is 126 Å². The zero-order valence-electron chi connectivity index (χ0n) is 10.6. The summed E-state index contributed by atoms with van der Waals surface area (Å²) in [5.41, 5.74) is 0. The Hall–Kier alpha value is -0.970. The normalized spacial score (nSPS) is 10.7. The fourth-order valence-corrected chi connectivity index (χ4v) is 2.09. The van der Waals surface area contributed by atoms with E-state index in [-0.39, 0.29) is 0 Å². The van der Waals surface area contributed by atoms with Gasteiger partial charge in [-0.1, -0.05) is 34.5 Å². The van der Waals surface area contributed by atoms with Crippen molar-refractivity contribution in [3.05, 3.63) is 51.3 Å². The summed E-state index contributed by atoms with van der Waals surface area (Å²) in [7, 11) is 0. The van der Waals surface area contributed by atoms with Gasteiger partial charge in [0.25, 0.3) is 0 Å². The van der Waals surface area contributed by atoms with Gasteiger partial charge in [-0.05, 0) is 36.9 Å². The Morgan fingerprint density at radius 1 is 1.26 bits per heavy atom. The van der Waals surface area contributed by atoms with Crippen molar-refractivity contribution >= 4 is 27.5 Å². The Kier molecular flexibility index (Phi) is 5.31. The molecule has 1 aromatic heterocycles. The molecule has 3 nitrogen and oxygen atoms in total. The largest absolute Gasteiger partial charge is 0.484 e. The summed E-state index contributed by atoms with van der Waals surface area (Å²) in [4.78, 5) is 0. The smallest absolute Gasteiger partial charge is 0.146 e. The standard InChI is InChI=1S/C14H15BrClNO2/c1-2-17-8-11-4-5-12(19-11)9-18-14-7-10(15)3-6-13(14)16/h3-7,17H,2,8-9H2,1H3. The summed E-state index contributed by atoms with van der Waals surface area (Å²) in [5.74, 6) is 2.32. The van der Waals surface area contributed by atoms with E-state index in [0.717, 1.165) is 29.1 Å². The first-order valence-corrected chi connectivity index (χ1v) is 7.22. The molecule has 0 aliphatic rings. The van der Waals surface area contributed by atoms with Crippen LogP contribution in [0, 0.1) is 0 Å². The molecule has 1 N–H and O–H groups in total. The highest BCUT2D eigenvalue weighted by Gasteiger charge is 2.06. The van der Waals surface area contributed by atoms with Crippen molar-refractivity contribution in [3.63, 3.8) is 0 Å². The molecule has 0 fully saturated rings. The molecule has 0 aliphatic carbocycles. The van der Waals surface area contributed by atoms with Crippen LogP contribution in [0.4, 0.5) is 0 Å². The molecule has 0 unspecified atom stereocenters. The molecule has 0 bridgehead atoms. The van der Waals surface area contributed by atoms with Crippen molar-refractivity contribution in [2.45, 2.75) is 20.1 Å². The summed E-state index contributed by atoms with van der Waals surface area (Å²) in [6, 6.07) is 9.36. The third kappa shape index (κ3) is 4.27. The summed E-state index contributed by atoms with van der Waals surface area (Å²) in [6.45, 7) is 4.07. The molecular formula is C14H15BrClNO2. The van der Waals surface area contributed by atoms with Crippen LogP contribution in [0.15, 0.2) is 39.2 Å². The summed E-state index contributed by atoms with van der Waals surface area (Å²) >= 11 is 9.43. The Morgan fingerprint density at radius 3 is 2.84 bits per heavy atom. The molecule has 0 atom stereocenters. The quantitative estimate of drug-likeness (QED) is 0.844. The van der Waals surface area contributed by atoms with Gasteiger partial charge in [0.05, 0.1) is 11.6 Å². The van der Waals surface area contributed by atoms with Crippen LogP contribution >= 0.6 is 27.5 Å². The number of ether oxygens (including phenoxy) is 1. The van der Waals surface area contributed by atoms with Crippen molar-refractivity contribution in [1.29, 1.82) is 0 Å². The zero-order valence-corrected chi connectivity index (χ0v) is 12.9. The topological polar surface area (TPSA) is 34.4 Å². The molecule has 5 heteroatoms. The lowest BCUT2D eigenvalue weighted by Crippen LogP contribution is -2.10. The van der Waals surface area contributed by atoms with Gasteiger partial charge >= 0.3 is 0 Å². The molecule has 0 saturated carbocycles. The van der Waals surface area contributed by atoms with E-state index in [0.29, 0.717) is 17.4 Å². The van der Waals surface area contributed by atoms with Crippen LogP contribution in [0.25, 0.3) is 0 Å². The molecule has 0 radical (unpaired) electrons.